The number of H-pyrrole nitrogens is 1. The van der Waals surface area contributed by atoms with Crippen molar-refractivity contribution >= 4 is 10.9 Å². The summed E-state index contributed by atoms with van der Waals surface area (Å²) >= 11 is 0. The van der Waals surface area contributed by atoms with E-state index in [1.54, 1.807) is 12.3 Å². The van der Waals surface area contributed by atoms with Crippen LogP contribution in [-0.2, 0) is 5.60 Å². The van der Waals surface area contributed by atoms with Crippen LogP contribution in [0.5, 0.6) is 5.75 Å². The van der Waals surface area contributed by atoms with Crippen molar-refractivity contribution in [3.05, 3.63) is 75.7 Å². The lowest BCUT2D eigenvalue weighted by Gasteiger charge is -2.38. The molecule has 0 fully saturated rings. The molecule has 2 aromatic carbocycles. The molecule has 0 radical (unpaired) electrons. The second kappa shape index (κ2) is 5.58. The number of halogens is 1. The fraction of sp³-hybridized carbons (Fsp3) is 0.263. The quantitative estimate of drug-likeness (QED) is 0.569. The highest BCUT2D eigenvalue weighted by atomic mass is 19.1. The van der Waals surface area contributed by atoms with Crippen molar-refractivity contribution in [1.29, 1.82) is 0 Å². The minimum Gasteiger partial charge on any atom is -0.482 e. The zero-order valence-corrected chi connectivity index (χ0v) is 13.7. The summed E-state index contributed by atoms with van der Waals surface area (Å²) in [5, 5.41) is 11.9. The van der Waals surface area contributed by atoms with Gasteiger partial charge in [0.1, 0.15) is 17.2 Å². The van der Waals surface area contributed by atoms with Crippen LogP contribution < -0.4 is 4.74 Å². The monoisotopic (exact) mass is 340 g/mol. The summed E-state index contributed by atoms with van der Waals surface area (Å²) in [6.07, 6.45) is 2.26. The van der Waals surface area contributed by atoms with Gasteiger partial charge in [-0.25, -0.2) is 4.39 Å². The zero-order chi connectivity index (χ0) is 17.6. The van der Waals surface area contributed by atoms with Crippen molar-refractivity contribution in [2.24, 2.45) is 0 Å². The van der Waals surface area contributed by atoms with Crippen LogP contribution in [0.25, 0.3) is 10.9 Å². The largest absolute Gasteiger partial charge is 0.482 e. The van der Waals surface area contributed by atoms with Gasteiger partial charge in [-0.15, -0.1) is 0 Å². The summed E-state index contributed by atoms with van der Waals surface area (Å²) in [5.74, 6) is 0.0623. The molecule has 25 heavy (non-hydrogen) atoms. The Kier molecular flexibility index (Phi) is 3.49. The molecule has 1 aliphatic heterocycles. The Morgan fingerprint density at radius 1 is 1.36 bits per heavy atom. The number of nitrogens with one attached hydrogen (secondary N) is 1. The predicted molar refractivity (Wildman–Crippen MR) is 91.9 cm³/mol. The van der Waals surface area contributed by atoms with Crippen LogP contribution >= 0.6 is 0 Å². The number of ether oxygens (including phenoxy) is 1. The maximum Gasteiger partial charge on any atom is 0.210 e. The highest BCUT2D eigenvalue weighted by Gasteiger charge is 2.41. The number of hydrogen-bond donors (Lipinski definition) is 1. The first kappa shape index (κ1) is 15.6. The molecule has 3 aromatic rings. The van der Waals surface area contributed by atoms with Crippen LogP contribution in [0.3, 0.4) is 0 Å². The van der Waals surface area contributed by atoms with E-state index in [0.29, 0.717) is 12.2 Å². The number of nitro groups is 1. The topological polar surface area (TPSA) is 68.2 Å². The van der Waals surface area contributed by atoms with Crippen molar-refractivity contribution in [2.45, 2.75) is 24.9 Å². The van der Waals surface area contributed by atoms with Crippen molar-refractivity contribution in [3.63, 3.8) is 0 Å². The van der Waals surface area contributed by atoms with Crippen LogP contribution in [0.15, 0.2) is 48.7 Å². The van der Waals surface area contributed by atoms with Crippen molar-refractivity contribution in [1.82, 2.24) is 4.98 Å². The van der Waals surface area contributed by atoms with Crippen LogP contribution in [0.4, 0.5) is 4.39 Å². The first-order valence-electron chi connectivity index (χ1n) is 8.13. The fourth-order valence-electron chi connectivity index (χ4n) is 3.81. The van der Waals surface area contributed by atoms with Crippen LogP contribution in [0, 0.1) is 15.9 Å². The predicted octanol–water partition coefficient (Wildman–Crippen LogP) is 4.37. The Hall–Kier alpha value is -2.89. The minimum absolute atomic E-state index is 0.160. The molecule has 1 aromatic heterocycles. The van der Waals surface area contributed by atoms with Gasteiger partial charge in [0.25, 0.3) is 0 Å². The number of fused-ring (bicyclic) bond motifs is 2. The number of hydrogen-bond acceptors (Lipinski definition) is 3. The van der Waals surface area contributed by atoms with E-state index in [-0.39, 0.29) is 23.2 Å². The van der Waals surface area contributed by atoms with Gasteiger partial charge in [-0.3, -0.25) is 10.1 Å². The third-order valence-electron chi connectivity index (χ3n) is 4.91. The normalized spacial score (nSPS) is 22.4. The lowest BCUT2D eigenvalue weighted by atomic mass is 9.79. The third kappa shape index (κ3) is 2.63. The summed E-state index contributed by atoms with van der Waals surface area (Å²) in [6.45, 7) is 1.75. The molecule has 2 heterocycles. The summed E-state index contributed by atoms with van der Waals surface area (Å²) < 4.78 is 20.0. The Balaban J connectivity index is 1.83. The number of rotatable bonds is 3. The van der Waals surface area contributed by atoms with Crippen molar-refractivity contribution in [3.8, 4) is 5.75 Å². The molecule has 4 rings (SSSR count). The summed E-state index contributed by atoms with van der Waals surface area (Å²) in [7, 11) is 0. The van der Waals surface area contributed by atoms with Gasteiger partial charge in [-0.1, -0.05) is 18.2 Å². The average molecular weight is 340 g/mol. The molecule has 128 valence electrons. The van der Waals surface area contributed by atoms with Crippen LogP contribution in [0.2, 0.25) is 0 Å². The SMILES string of the molecule is C[C@]1(c2c[nH]c3ccc(F)cc23)C[C@H](C[N+](=O)[O-])c2ccccc2O1. The van der Waals surface area contributed by atoms with Crippen LogP contribution in [-0.4, -0.2) is 16.5 Å². The van der Waals surface area contributed by atoms with Gasteiger partial charge in [0.2, 0.25) is 6.54 Å². The number of nitrogens with zero attached hydrogens (tertiary/aromatic N) is 1. The molecule has 0 aliphatic carbocycles. The summed E-state index contributed by atoms with van der Waals surface area (Å²) in [4.78, 5) is 14.0. The average Bonchev–Trinajstić information content (AvgIpc) is 2.98. The highest BCUT2D eigenvalue weighted by molar-refractivity contribution is 5.84. The number of aromatic nitrogens is 1. The van der Waals surface area contributed by atoms with Crippen molar-refractivity contribution < 1.29 is 14.1 Å². The van der Waals surface area contributed by atoms with Crippen molar-refractivity contribution in [2.75, 3.05) is 6.54 Å². The number of benzene rings is 2. The highest BCUT2D eigenvalue weighted by Crippen LogP contribution is 2.47. The Morgan fingerprint density at radius 3 is 2.96 bits per heavy atom. The summed E-state index contributed by atoms with van der Waals surface area (Å²) in [5.41, 5.74) is 1.69. The van der Waals surface area contributed by atoms with Gasteiger partial charge in [0, 0.05) is 39.6 Å². The first-order chi connectivity index (χ1) is 12.0. The zero-order valence-electron chi connectivity index (χ0n) is 13.7. The van der Waals surface area contributed by atoms with E-state index in [0.717, 1.165) is 22.0 Å². The Morgan fingerprint density at radius 2 is 2.16 bits per heavy atom. The molecule has 0 spiro atoms. The van der Waals surface area contributed by atoms with E-state index in [4.69, 9.17) is 4.74 Å². The van der Waals surface area contributed by atoms with E-state index in [9.17, 15) is 14.5 Å². The molecule has 0 unspecified atom stereocenters. The van der Waals surface area contributed by atoms with E-state index in [1.807, 2.05) is 31.2 Å². The lowest BCUT2D eigenvalue weighted by molar-refractivity contribution is -0.484. The standard InChI is InChI=1S/C19H17FN2O3/c1-19(16-10-21-17-7-6-13(20)8-15(16)17)9-12(11-22(23)24)14-4-2-3-5-18(14)25-19/h2-8,10,12,21H,9,11H2,1H3/t12-,19-/m1/s1. The van der Waals surface area contributed by atoms with E-state index in [2.05, 4.69) is 4.98 Å². The fourth-order valence-corrected chi connectivity index (χ4v) is 3.81. The molecule has 0 amide bonds. The summed E-state index contributed by atoms with van der Waals surface area (Å²) in [6, 6.07) is 12.0. The maximum absolute atomic E-state index is 13.7. The third-order valence-corrected chi connectivity index (χ3v) is 4.91. The smallest absolute Gasteiger partial charge is 0.210 e. The molecule has 2 atom stereocenters. The van der Waals surface area contributed by atoms with E-state index < -0.39 is 5.60 Å². The number of para-hydroxylation sites is 1. The Bertz CT molecular complexity index is 968. The van der Waals surface area contributed by atoms with E-state index >= 15 is 0 Å². The van der Waals surface area contributed by atoms with Gasteiger partial charge in [-0.05, 0) is 31.2 Å². The second-order valence-corrected chi connectivity index (χ2v) is 6.68. The Labute approximate surface area is 143 Å². The van der Waals surface area contributed by atoms with Gasteiger partial charge < -0.3 is 9.72 Å². The van der Waals surface area contributed by atoms with Gasteiger partial charge >= 0.3 is 0 Å². The molecule has 5 nitrogen and oxygen atoms in total. The van der Waals surface area contributed by atoms with Gasteiger partial charge in [0.05, 0.1) is 5.92 Å². The molecular formula is C19H17FN2O3. The maximum atomic E-state index is 13.7. The second-order valence-electron chi connectivity index (χ2n) is 6.68. The molecule has 1 aliphatic rings. The molecule has 6 heteroatoms. The van der Waals surface area contributed by atoms with Crippen LogP contribution in [0.1, 0.15) is 30.4 Å². The number of aromatic amines is 1. The first-order valence-corrected chi connectivity index (χ1v) is 8.13. The molecule has 1 N–H and O–H groups in total. The lowest BCUT2D eigenvalue weighted by Crippen LogP contribution is -2.37. The molecule has 0 saturated heterocycles. The van der Waals surface area contributed by atoms with Gasteiger partial charge in [-0.2, -0.15) is 0 Å². The minimum atomic E-state index is -0.777. The molecule has 0 saturated carbocycles. The molecule has 0 bridgehead atoms. The van der Waals surface area contributed by atoms with Gasteiger partial charge in [0.15, 0.2) is 0 Å². The van der Waals surface area contributed by atoms with E-state index in [1.165, 1.54) is 12.1 Å². The molecular weight excluding hydrogens is 323 g/mol.